The molecule has 0 spiro atoms. The molecule has 1 aromatic rings. The molecular weight excluding hydrogens is 336 g/mol. The summed E-state index contributed by atoms with van der Waals surface area (Å²) in [6.07, 6.45) is -3.52. The number of benzene rings is 1. The highest BCUT2D eigenvalue weighted by Gasteiger charge is 2.60. The molecule has 24 heavy (non-hydrogen) atoms. The molecule has 3 rings (SSSR count). The van der Waals surface area contributed by atoms with Crippen molar-refractivity contribution >= 4 is 29.7 Å². The Hall–Kier alpha value is -2.06. The lowest BCUT2D eigenvalue weighted by Gasteiger charge is -2.21. The summed E-state index contributed by atoms with van der Waals surface area (Å²) in [5.74, 6) is -1.81. The molecule has 0 unspecified atom stereocenters. The monoisotopic (exact) mass is 352 g/mol. The first-order valence-corrected chi connectivity index (χ1v) is 8.26. The van der Waals surface area contributed by atoms with Gasteiger partial charge in [-0.15, -0.1) is 0 Å². The van der Waals surface area contributed by atoms with Crippen LogP contribution in [0.15, 0.2) is 35.2 Å². The molecule has 0 aromatic heterocycles. The van der Waals surface area contributed by atoms with Crippen LogP contribution < -0.4 is 0 Å². The number of carbonyl (C=O) groups excluding carboxylic acids is 3. The molecule has 2 aliphatic rings. The van der Waals surface area contributed by atoms with E-state index in [4.69, 9.17) is 18.9 Å². The SMILES string of the molecule is CC(=O)O[C@@H]1[C@H]2OC(=O)[C@@H](OC(C)=O)[C@H]2O[C@@H]1Sc1ccccc1. The van der Waals surface area contributed by atoms with Crippen molar-refractivity contribution < 1.29 is 33.3 Å². The largest absolute Gasteiger partial charge is 0.455 e. The maximum Gasteiger partial charge on any atom is 0.350 e. The van der Waals surface area contributed by atoms with Crippen molar-refractivity contribution in [1.29, 1.82) is 0 Å². The average molecular weight is 352 g/mol. The van der Waals surface area contributed by atoms with Gasteiger partial charge in [-0.05, 0) is 12.1 Å². The van der Waals surface area contributed by atoms with Gasteiger partial charge in [-0.3, -0.25) is 9.59 Å². The zero-order valence-corrected chi connectivity index (χ0v) is 13.9. The van der Waals surface area contributed by atoms with Crippen LogP contribution in [-0.4, -0.2) is 47.8 Å². The molecule has 0 bridgehead atoms. The summed E-state index contributed by atoms with van der Waals surface area (Å²) in [4.78, 5) is 35.4. The molecule has 0 aliphatic carbocycles. The van der Waals surface area contributed by atoms with E-state index < -0.39 is 47.8 Å². The number of fused-ring (bicyclic) bond motifs is 1. The minimum atomic E-state index is -1.15. The molecule has 0 saturated carbocycles. The van der Waals surface area contributed by atoms with Gasteiger partial charge in [0.1, 0.15) is 11.5 Å². The van der Waals surface area contributed by atoms with E-state index in [1.165, 1.54) is 25.6 Å². The summed E-state index contributed by atoms with van der Waals surface area (Å²) in [7, 11) is 0. The molecule has 2 heterocycles. The van der Waals surface area contributed by atoms with E-state index >= 15 is 0 Å². The highest BCUT2D eigenvalue weighted by Crippen LogP contribution is 2.41. The average Bonchev–Trinajstić information content (AvgIpc) is 2.98. The third-order valence-corrected chi connectivity index (χ3v) is 4.74. The van der Waals surface area contributed by atoms with Crippen molar-refractivity contribution in [3.63, 3.8) is 0 Å². The Balaban J connectivity index is 1.81. The molecule has 2 fully saturated rings. The molecule has 5 atom stereocenters. The topological polar surface area (TPSA) is 88.1 Å². The molecule has 2 aliphatic heterocycles. The van der Waals surface area contributed by atoms with Crippen LogP contribution >= 0.6 is 11.8 Å². The van der Waals surface area contributed by atoms with Gasteiger partial charge in [0.2, 0.25) is 6.10 Å². The second-order valence-electron chi connectivity index (χ2n) is 5.41. The Morgan fingerprint density at radius 2 is 1.71 bits per heavy atom. The van der Waals surface area contributed by atoms with Gasteiger partial charge in [0, 0.05) is 18.7 Å². The predicted octanol–water partition coefficient (Wildman–Crippen LogP) is 1.29. The van der Waals surface area contributed by atoms with Crippen LogP contribution in [0.2, 0.25) is 0 Å². The number of hydrogen-bond donors (Lipinski definition) is 0. The van der Waals surface area contributed by atoms with Crippen LogP contribution in [0.1, 0.15) is 13.8 Å². The standard InChI is InChI=1S/C16H16O7S/c1-8(17)20-13-11-12(22-15(13)19)14(21-9(2)18)16(23-11)24-10-6-4-3-5-7-10/h3-7,11-14,16H,1-2H3/t11-,12-,13-,14+,16+/m0/s1. The number of esters is 3. The van der Waals surface area contributed by atoms with Crippen molar-refractivity contribution in [3.05, 3.63) is 30.3 Å². The van der Waals surface area contributed by atoms with Gasteiger partial charge in [-0.2, -0.15) is 0 Å². The van der Waals surface area contributed by atoms with E-state index in [1.54, 1.807) is 0 Å². The van der Waals surface area contributed by atoms with E-state index in [0.717, 1.165) is 4.90 Å². The Kier molecular flexibility index (Phi) is 4.77. The van der Waals surface area contributed by atoms with Gasteiger partial charge >= 0.3 is 17.9 Å². The molecular formula is C16H16O7S. The van der Waals surface area contributed by atoms with Gasteiger partial charge in [-0.25, -0.2) is 4.79 Å². The van der Waals surface area contributed by atoms with Crippen LogP contribution in [0.5, 0.6) is 0 Å². The minimum Gasteiger partial charge on any atom is -0.455 e. The third-order valence-electron chi connectivity index (χ3n) is 3.58. The maximum atomic E-state index is 11.9. The Morgan fingerprint density at radius 3 is 2.33 bits per heavy atom. The molecule has 1 aromatic carbocycles. The van der Waals surface area contributed by atoms with Crippen molar-refractivity contribution in [2.24, 2.45) is 0 Å². The number of carbonyl (C=O) groups is 3. The first kappa shape index (κ1) is 16.8. The molecule has 0 amide bonds. The summed E-state index contributed by atoms with van der Waals surface area (Å²) in [6.45, 7) is 2.48. The van der Waals surface area contributed by atoms with Gasteiger partial charge in [0.25, 0.3) is 0 Å². The lowest BCUT2D eigenvalue weighted by atomic mass is 10.1. The highest BCUT2D eigenvalue weighted by atomic mass is 32.2. The summed E-state index contributed by atoms with van der Waals surface area (Å²) >= 11 is 1.35. The summed E-state index contributed by atoms with van der Waals surface area (Å²) < 4.78 is 21.4. The van der Waals surface area contributed by atoms with Crippen molar-refractivity contribution in [1.82, 2.24) is 0 Å². The van der Waals surface area contributed by atoms with Crippen LogP contribution in [0.4, 0.5) is 0 Å². The van der Waals surface area contributed by atoms with Gasteiger partial charge in [0.15, 0.2) is 12.2 Å². The lowest BCUT2D eigenvalue weighted by Crippen LogP contribution is -2.36. The molecule has 8 heteroatoms. The second kappa shape index (κ2) is 6.82. The van der Waals surface area contributed by atoms with Crippen molar-refractivity contribution in [2.45, 2.75) is 48.6 Å². The fourth-order valence-electron chi connectivity index (χ4n) is 2.70. The second-order valence-corrected chi connectivity index (χ2v) is 6.58. The number of thioether (sulfide) groups is 1. The number of hydrogen-bond acceptors (Lipinski definition) is 8. The van der Waals surface area contributed by atoms with Crippen LogP contribution in [0.25, 0.3) is 0 Å². The Morgan fingerprint density at radius 1 is 1.04 bits per heavy atom. The Labute approximate surface area is 142 Å². The zero-order chi connectivity index (χ0) is 17.3. The van der Waals surface area contributed by atoms with E-state index in [1.807, 2.05) is 30.3 Å². The zero-order valence-electron chi connectivity index (χ0n) is 13.0. The molecule has 7 nitrogen and oxygen atoms in total. The van der Waals surface area contributed by atoms with E-state index in [2.05, 4.69) is 0 Å². The van der Waals surface area contributed by atoms with Crippen molar-refractivity contribution in [3.8, 4) is 0 Å². The third kappa shape index (κ3) is 3.39. The van der Waals surface area contributed by atoms with Gasteiger partial charge in [-0.1, -0.05) is 30.0 Å². The van der Waals surface area contributed by atoms with E-state index in [9.17, 15) is 14.4 Å². The summed E-state index contributed by atoms with van der Waals surface area (Å²) in [5, 5.41) is 0. The predicted molar refractivity (Wildman–Crippen MR) is 81.9 cm³/mol. The van der Waals surface area contributed by atoms with E-state index in [0.29, 0.717) is 0 Å². The molecule has 0 radical (unpaired) electrons. The lowest BCUT2D eigenvalue weighted by molar-refractivity contribution is -0.167. The maximum absolute atomic E-state index is 11.9. The smallest absolute Gasteiger partial charge is 0.350 e. The fraction of sp³-hybridized carbons (Fsp3) is 0.438. The minimum absolute atomic E-state index is 0.505. The molecule has 0 N–H and O–H groups in total. The van der Waals surface area contributed by atoms with E-state index in [-0.39, 0.29) is 0 Å². The van der Waals surface area contributed by atoms with Crippen molar-refractivity contribution in [2.75, 3.05) is 0 Å². The highest BCUT2D eigenvalue weighted by molar-refractivity contribution is 7.99. The number of rotatable bonds is 4. The first-order valence-electron chi connectivity index (χ1n) is 7.38. The van der Waals surface area contributed by atoms with Crippen LogP contribution in [0.3, 0.4) is 0 Å². The fourth-order valence-corrected chi connectivity index (χ4v) is 3.81. The molecule has 2 saturated heterocycles. The molecule has 128 valence electrons. The quantitative estimate of drug-likeness (QED) is 0.592. The van der Waals surface area contributed by atoms with Gasteiger partial charge < -0.3 is 18.9 Å². The normalized spacial score (nSPS) is 31.2. The van der Waals surface area contributed by atoms with Gasteiger partial charge in [0.05, 0.1) is 0 Å². The summed E-state index contributed by atoms with van der Waals surface area (Å²) in [6, 6.07) is 9.42. The Bertz CT molecular complexity index is 647. The van der Waals surface area contributed by atoms with Crippen LogP contribution in [-0.2, 0) is 33.3 Å². The first-order chi connectivity index (χ1) is 11.5. The number of ether oxygens (including phenoxy) is 4. The summed E-state index contributed by atoms with van der Waals surface area (Å²) in [5.41, 5.74) is -0.572. The van der Waals surface area contributed by atoms with Crippen LogP contribution in [0, 0.1) is 0 Å².